The van der Waals surface area contributed by atoms with Crippen molar-refractivity contribution in [2.45, 2.75) is 33.4 Å². The number of nitrogens with zero attached hydrogens (tertiary/aromatic N) is 2. The van der Waals surface area contributed by atoms with Crippen molar-refractivity contribution in [1.29, 1.82) is 0 Å². The van der Waals surface area contributed by atoms with Crippen LogP contribution >= 0.6 is 0 Å². The molecule has 18 heavy (non-hydrogen) atoms. The van der Waals surface area contributed by atoms with Gasteiger partial charge in [0.05, 0.1) is 0 Å². The van der Waals surface area contributed by atoms with E-state index >= 15 is 0 Å². The number of rotatable bonds is 2. The van der Waals surface area contributed by atoms with Gasteiger partial charge in [-0.15, -0.1) is 0 Å². The van der Waals surface area contributed by atoms with Gasteiger partial charge in [-0.05, 0) is 38.1 Å². The van der Waals surface area contributed by atoms with Crippen molar-refractivity contribution < 1.29 is 1.43 Å². The van der Waals surface area contributed by atoms with Crippen molar-refractivity contribution in [3.05, 3.63) is 29.8 Å². The first-order valence-electron chi connectivity index (χ1n) is 6.41. The first-order valence-corrected chi connectivity index (χ1v) is 6.41. The highest BCUT2D eigenvalue weighted by Crippen LogP contribution is 2.20. The van der Waals surface area contributed by atoms with Crippen LogP contribution in [-0.2, 0) is 0 Å². The molecule has 0 spiro atoms. The second-order valence-corrected chi connectivity index (χ2v) is 4.49. The van der Waals surface area contributed by atoms with Crippen molar-refractivity contribution in [3.8, 4) is 0 Å². The van der Waals surface area contributed by atoms with Gasteiger partial charge in [-0.3, -0.25) is 5.43 Å². The van der Waals surface area contributed by atoms with Crippen molar-refractivity contribution >= 4 is 11.5 Å². The van der Waals surface area contributed by atoms with Crippen molar-refractivity contribution in [1.82, 2.24) is 10.3 Å². The number of hydrogen-bond donors (Lipinski definition) is 2. The molecular weight excluding hydrogens is 224 g/mol. The molecule has 4 heteroatoms. The number of amidine groups is 1. The third-order valence-corrected chi connectivity index (χ3v) is 3.02. The molecule has 2 N–H and O–H groups in total. The Hall–Kier alpha value is -1.71. The number of nitrogens with one attached hydrogen (secondary N) is 2. The van der Waals surface area contributed by atoms with Gasteiger partial charge in [-0.25, -0.2) is 0 Å². The SMILES string of the molecule is CC.CNc1ccc(C2=NNC(C)(C)N2C)cc1.[HH]. The first-order chi connectivity index (χ1) is 8.54. The molecule has 0 saturated heterocycles. The lowest BCUT2D eigenvalue weighted by molar-refractivity contribution is 0.235. The van der Waals surface area contributed by atoms with Crippen LogP contribution in [0, 0.1) is 0 Å². The van der Waals surface area contributed by atoms with E-state index in [1.807, 2.05) is 27.9 Å². The fourth-order valence-electron chi connectivity index (χ4n) is 1.65. The molecule has 1 aromatic rings. The normalized spacial score (nSPS) is 16.3. The lowest BCUT2D eigenvalue weighted by atomic mass is 10.1. The third kappa shape index (κ3) is 2.75. The molecule has 2 rings (SSSR count). The van der Waals surface area contributed by atoms with Crippen LogP contribution < -0.4 is 10.7 Å². The zero-order chi connectivity index (χ0) is 13.8. The van der Waals surface area contributed by atoms with Gasteiger partial charge < -0.3 is 10.2 Å². The number of hydrazone groups is 1. The summed E-state index contributed by atoms with van der Waals surface area (Å²) in [6.07, 6.45) is 0. The maximum atomic E-state index is 4.37. The van der Waals surface area contributed by atoms with E-state index in [-0.39, 0.29) is 7.09 Å². The minimum Gasteiger partial charge on any atom is -0.388 e. The molecule has 0 fully saturated rings. The van der Waals surface area contributed by atoms with Crippen molar-refractivity contribution in [3.63, 3.8) is 0 Å². The van der Waals surface area contributed by atoms with E-state index < -0.39 is 0 Å². The van der Waals surface area contributed by atoms with Crippen LogP contribution in [0.3, 0.4) is 0 Å². The fourth-order valence-corrected chi connectivity index (χ4v) is 1.65. The van der Waals surface area contributed by atoms with Gasteiger partial charge >= 0.3 is 0 Å². The summed E-state index contributed by atoms with van der Waals surface area (Å²) in [5, 5.41) is 7.47. The van der Waals surface area contributed by atoms with Gasteiger partial charge in [0, 0.05) is 26.8 Å². The summed E-state index contributed by atoms with van der Waals surface area (Å²) in [6, 6.07) is 8.25. The Labute approximate surface area is 112 Å². The monoisotopic (exact) mass is 250 g/mol. The Morgan fingerprint density at radius 2 is 1.78 bits per heavy atom. The lowest BCUT2D eigenvalue weighted by Crippen LogP contribution is -2.46. The molecule has 1 heterocycles. The van der Waals surface area contributed by atoms with E-state index in [0.717, 1.165) is 17.1 Å². The average Bonchev–Trinajstić information content (AvgIpc) is 2.67. The van der Waals surface area contributed by atoms with Crippen molar-refractivity contribution in [2.24, 2.45) is 5.10 Å². The molecule has 1 aromatic carbocycles. The standard InChI is InChI=1S/C12H18N4.C2H6.H2/c1-12(2)15-14-11(16(12)4)9-5-7-10(13-3)8-6-9;1-2;/h5-8,13,15H,1-4H3;1-2H3;1H. The zero-order valence-corrected chi connectivity index (χ0v) is 12.2. The van der Waals surface area contributed by atoms with Crippen LogP contribution in [0.4, 0.5) is 5.69 Å². The predicted octanol–water partition coefficient (Wildman–Crippen LogP) is 2.93. The smallest absolute Gasteiger partial charge is 0.157 e. The van der Waals surface area contributed by atoms with E-state index in [1.54, 1.807) is 0 Å². The summed E-state index contributed by atoms with van der Waals surface area (Å²) in [5.74, 6) is 0.979. The Balaban J connectivity index is 0.00000103. The van der Waals surface area contributed by atoms with Crippen LogP contribution in [0.5, 0.6) is 0 Å². The minimum atomic E-state index is -0.114. The average molecular weight is 250 g/mol. The largest absolute Gasteiger partial charge is 0.388 e. The topological polar surface area (TPSA) is 39.7 Å². The van der Waals surface area contributed by atoms with Gasteiger partial charge in [0.25, 0.3) is 0 Å². The Bertz CT molecular complexity index is 412. The molecule has 0 aromatic heterocycles. The number of hydrogen-bond acceptors (Lipinski definition) is 4. The van der Waals surface area contributed by atoms with Gasteiger partial charge in [0.2, 0.25) is 0 Å². The summed E-state index contributed by atoms with van der Waals surface area (Å²) < 4.78 is 0. The molecule has 0 unspecified atom stereocenters. The van der Waals surface area contributed by atoms with Crippen LogP contribution in [0.15, 0.2) is 29.4 Å². The molecule has 1 aliphatic heterocycles. The summed E-state index contributed by atoms with van der Waals surface area (Å²) in [4.78, 5) is 2.14. The quantitative estimate of drug-likeness (QED) is 0.848. The van der Waals surface area contributed by atoms with Crippen LogP contribution in [0.25, 0.3) is 0 Å². The molecule has 0 radical (unpaired) electrons. The molecule has 0 bridgehead atoms. The van der Waals surface area contributed by atoms with E-state index in [0.29, 0.717) is 0 Å². The summed E-state index contributed by atoms with van der Waals surface area (Å²) >= 11 is 0. The maximum absolute atomic E-state index is 4.37. The summed E-state index contributed by atoms with van der Waals surface area (Å²) in [5.41, 5.74) is 5.24. The van der Waals surface area contributed by atoms with Gasteiger partial charge in [0.1, 0.15) is 5.66 Å². The van der Waals surface area contributed by atoms with Gasteiger partial charge in [-0.1, -0.05) is 13.8 Å². The van der Waals surface area contributed by atoms with Gasteiger partial charge in [0.15, 0.2) is 5.84 Å². The molecular formula is C14H26N4. The number of benzene rings is 1. The predicted molar refractivity (Wildman–Crippen MR) is 81.0 cm³/mol. The van der Waals surface area contributed by atoms with E-state index in [9.17, 15) is 0 Å². The molecule has 1 aliphatic rings. The van der Waals surface area contributed by atoms with Crippen LogP contribution in [0.1, 0.15) is 34.7 Å². The summed E-state index contributed by atoms with van der Waals surface area (Å²) in [6.45, 7) is 8.21. The van der Waals surface area contributed by atoms with E-state index in [1.165, 1.54) is 0 Å². The molecule has 4 nitrogen and oxygen atoms in total. The lowest BCUT2D eigenvalue weighted by Gasteiger charge is -2.29. The molecule has 0 saturated carbocycles. The first kappa shape index (κ1) is 14.4. The maximum Gasteiger partial charge on any atom is 0.157 e. The highest BCUT2D eigenvalue weighted by molar-refractivity contribution is 6.00. The Morgan fingerprint density at radius 1 is 1.22 bits per heavy atom. The molecule has 0 aliphatic carbocycles. The fraction of sp³-hybridized carbons (Fsp3) is 0.500. The Morgan fingerprint density at radius 3 is 2.17 bits per heavy atom. The Kier molecular flexibility index (Phi) is 4.59. The highest BCUT2D eigenvalue weighted by atomic mass is 15.5. The summed E-state index contributed by atoms with van der Waals surface area (Å²) in [7, 11) is 3.96. The van der Waals surface area contributed by atoms with Crippen LogP contribution in [0.2, 0.25) is 0 Å². The van der Waals surface area contributed by atoms with Crippen molar-refractivity contribution in [2.75, 3.05) is 19.4 Å². The number of anilines is 1. The zero-order valence-electron chi connectivity index (χ0n) is 12.2. The molecule has 0 amide bonds. The molecule has 102 valence electrons. The second kappa shape index (κ2) is 5.76. The minimum absolute atomic E-state index is 0. The third-order valence-electron chi connectivity index (χ3n) is 3.02. The molecule has 0 atom stereocenters. The van der Waals surface area contributed by atoms with E-state index in [2.05, 4.69) is 58.9 Å². The highest BCUT2D eigenvalue weighted by Gasteiger charge is 2.31. The van der Waals surface area contributed by atoms with Crippen LogP contribution in [-0.4, -0.2) is 30.5 Å². The van der Waals surface area contributed by atoms with E-state index in [4.69, 9.17) is 0 Å². The van der Waals surface area contributed by atoms with Gasteiger partial charge in [-0.2, -0.15) is 5.10 Å². The second-order valence-electron chi connectivity index (χ2n) is 4.49.